The molecule has 128 valence electrons. The van der Waals surface area contributed by atoms with Crippen LogP contribution in [0.25, 0.3) is 0 Å². The quantitative estimate of drug-likeness (QED) is 0.812. The molecule has 0 aromatic heterocycles. The average Bonchev–Trinajstić information content (AvgIpc) is 2.92. The van der Waals surface area contributed by atoms with Gasteiger partial charge in [0.05, 0.1) is 12.2 Å². The number of methoxy groups -OCH3 is 1. The van der Waals surface area contributed by atoms with Gasteiger partial charge in [-0.2, -0.15) is 0 Å². The third-order valence-electron chi connectivity index (χ3n) is 4.60. The lowest BCUT2D eigenvalue weighted by molar-refractivity contribution is 0.0713. The van der Waals surface area contributed by atoms with Gasteiger partial charge in [0.25, 0.3) is 5.91 Å². The molecule has 1 aromatic carbocycles. The maximum Gasteiger partial charge on any atom is 0.251 e. The van der Waals surface area contributed by atoms with Crippen LogP contribution in [0.1, 0.15) is 55.5 Å². The molecule has 0 bridgehead atoms. The number of benzene rings is 1. The van der Waals surface area contributed by atoms with Crippen LogP contribution in [0, 0.1) is 5.92 Å². The molecule has 23 heavy (non-hydrogen) atoms. The van der Waals surface area contributed by atoms with Gasteiger partial charge in [0, 0.05) is 24.6 Å². The summed E-state index contributed by atoms with van der Waals surface area (Å²) in [4.78, 5) is 12.4. The van der Waals surface area contributed by atoms with E-state index in [1.165, 1.54) is 0 Å². The van der Waals surface area contributed by atoms with E-state index < -0.39 is 5.60 Å². The molecule has 2 N–H and O–H groups in total. The first-order valence-electron chi connectivity index (χ1n) is 8.50. The van der Waals surface area contributed by atoms with E-state index >= 15 is 0 Å². The second-order valence-corrected chi connectivity index (χ2v) is 7.24. The number of aliphatic hydroxyl groups is 1. The van der Waals surface area contributed by atoms with Crippen molar-refractivity contribution in [2.24, 2.45) is 5.92 Å². The fraction of sp³-hybridized carbons (Fsp3) is 0.632. The highest BCUT2D eigenvalue weighted by Crippen LogP contribution is 2.26. The van der Waals surface area contributed by atoms with Crippen LogP contribution in [0.5, 0.6) is 0 Å². The molecule has 2 atom stereocenters. The molecule has 2 rings (SSSR count). The van der Waals surface area contributed by atoms with Crippen molar-refractivity contribution in [3.05, 3.63) is 35.4 Å². The minimum absolute atomic E-state index is 0.00737. The molecule has 1 amide bonds. The van der Waals surface area contributed by atoms with Gasteiger partial charge in [0.2, 0.25) is 0 Å². The third-order valence-corrected chi connectivity index (χ3v) is 4.60. The Morgan fingerprint density at radius 3 is 2.61 bits per heavy atom. The Hall–Kier alpha value is -1.39. The van der Waals surface area contributed by atoms with E-state index in [9.17, 15) is 9.90 Å². The molecule has 4 heteroatoms. The van der Waals surface area contributed by atoms with Gasteiger partial charge in [-0.25, -0.2) is 0 Å². The molecule has 1 aromatic rings. The van der Waals surface area contributed by atoms with Crippen molar-refractivity contribution in [3.8, 4) is 0 Å². The standard InChI is InChI=1S/C19H29NO3/c1-19(2,22)12-11-14-7-9-15(10-8-14)18(21)20-17-6-4-5-16(17)13-23-3/h7-10,16-17,22H,4-6,11-13H2,1-3H3,(H,20,21)/t16-,17-/m1/s1. The second-order valence-electron chi connectivity index (χ2n) is 7.24. The zero-order valence-corrected chi connectivity index (χ0v) is 14.5. The molecule has 4 nitrogen and oxygen atoms in total. The Balaban J connectivity index is 1.90. The highest BCUT2D eigenvalue weighted by molar-refractivity contribution is 5.94. The van der Waals surface area contributed by atoms with Crippen LogP contribution >= 0.6 is 0 Å². The number of ether oxygens (including phenoxy) is 1. The SMILES string of the molecule is COC[C@H]1CCC[C@H]1NC(=O)c1ccc(CCC(C)(C)O)cc1. The molecule has 1 aliphatic rings. The van der Waals surface area contributed by atoms with E-state index in [1.807, 2.05) is 38.1 Å². The number of hydrogen-bond donors (Lipinski definition) is 2. The number of amides is 1. The van der Waals surface area contributed by atoms with Crippen molar-refractivity contribution in [2.75, 3.05) is 13.7 Å². The number of nitrogens with one attached hydrogen (secondary N) is 1. The zero-order chi connectivity index (χ0) is 16.9. The van der Waals surface area contributed by atoms with E-state index in [1.54, 1.807) is 7.11 Å². The molecule has 0 radical (unpaired) electrons. The summed E-state index contributed by atoms with van der Waals surface area (Å²) in [5.74, 6) is 0.419. The topological polar surface area (TPSA) is 58.6 Å². The normalized spacial score (nSPS) is 21.4. The molecule has 0 unspecified atom stereocenters. The fourth-order valence-electron chi connectivity index (χ4n) is 3.17. The molecule has 1 aliphatic carbocycles. The van der Waals surface area contributed by atoms with E-state index in [4.69, 9.17) is 4.74 Å². The van der Waals surface area contributed by atoms with Crippen LogP contribution in [0.3, 0.4) is 0 Å². The lowest BCUT2D eigenvalue weighted by Crippen LogP contribution is -2.38. The first kappa shape index (κ1) is 18.0. The number of aryl methyl sites for hydroxylation is 1. The Bertz CT molecular complexity index is 504. The second kappa shape index (κ2) is 7.93. The van der Waals surface area contributed by atoms with Crippen LogP contribution in [0.4, 0.5) is 0 Å². The number of hydrogen-bond acceptors (Lipinski definition) is 3. The highest BCUT2D eigenvalue weighted by atomic mass is 16.5. The van der Waals surface area contributed by atoms with Gasteiger partial charge >= 0.3 is 0 Å². The number of carbonyl (C=O) groups excluding carboxylic acids is 1. The Kier molecular flexibility index (Phi) is 6.19. The summed E-state index contributed by atoms with van der Waals surface area (Å²) >= 11 is 0. The monoisotopic (exact) mass is 319 g/mol. The van der Waals surface area contributed by atoms with Crippen molar-refractivity contribution in [1.82, 2.24) is 5.32 Å². The summed E-state index contributed by atoms with van der Waals surface area (Å²) in [6, 6.07) is 7.91. The van der Waals surface area contributed by atoms with Gasteiger partial charge in [0.15, 0.2) is 0 Å². The van der Waals surface area contributed by atoms with Crippen LogP contribution < -0.4 is 5.32 Å². The molecule has 0 heterocycles. The van der Waals surface area contributed by atoms with Crippen LogP contribution in [-0.2, 0) is 11.2 Å². The van der Waals surface area contributed by atoms with Gasteiger partial charge in [-0.1, -0.05) is 18.6 Å². The summed E-state index contributed by atoms with van der Waals surface area (Å²) in [6.45, 7) is 4.33. The lowest BCUT2D eigenvalue weighted by Gasteiger charge is -2.20. The van der Waals surface area contributed by atoms with Gasteiger partial charge in [-0.3, -0.25) is 4.79 Å². The van der Waals surface area contributed by atoms with Crippen molar-refractivity contribution in [2.45, 2.75) is 57.6 Å². The highest BCUT2D eigenvalue weighted by Gasteiger charge is 2.28. The van der Waals surface area contributed by atoms with Crippen molar-refractivity contribution in [3.63, 3.8) is 0 Å². The van der Waals surface area contributed by atoms with Gasteiger partial charge < -0.3 is 15.2 Å². The maximum atomic E-state index is 12.4. The first-order valence-corrected chi connectivity index (χ1v) is 8.50. The largest absolute Gasteiger partial charge is 0.390 e. The minimum atomic E-state index is -0.658. The predicted octanol–water partition coefficient (Wildman–Crippen LogP) is 2.94. The van der Waals surface area contributed by atoms with Crippen molar-refractivity contribution in [1.29, 1.82) is 0 Å². The molecule has 0 spiro atoms. The summed E-state index contributed by atoms with van der Waals surface area (Å²) in [6.07, 6.45) is 4.82. The van der Waals surface area contributed by atoms with Gasteiger partial charge in [-0.05, 0) is 57.2 Å². The molecule has 1 fully saturated rings. The molecule has 0 saturated heterocycles. The lowest BCUT2D eigenvalue weighted by atomic mass is 9.98. The Morgan fingerprint density at radius 2 is 2.00 bits per heavy atom. The van der Waals surface area contributed by atoms with E-state index in [-0.39, 0.29) is 11.9 Å². The van der Waals surface area contributed by atoms with Crippen molar-refractivity contribution >= 4 is 5.91 Å². The van der Waals surface area contributed by atoms with Gasteiger partial charge in [-0.15, -0.1) is 0 Å². The molecule has 0 aliphatic heterocycles. The summed E-state index contributed by atoms with van der Waals surface area (Å²) in [5.41, 5.74) is 1.18. The minimum Gasteiger partial charge on any atom is -0.390 e. The maximum absolute atomic E-state index is 12.4. The summed E-state index contributed by atoms with van der Waals surface area (Å²) in [7, 11) is 1.71. The smallest absolute Gasteiger partial charge is 0.251 e. The van der Waals surface area contributed by atoms with Crippen LogP contribution in [0.2, 0.25) is 0 Å². The Labute approximate surface area is 139 Å². The van der Waals surface area contributed by atoms with Gasteiger partial charge in [0.1, 0.15) is 0 Å². The van der Waals surface area contributed by atoms with E-state index in [0.717, 1.165) is 31.2 Å². The average molecular weight is 319 g/mol. The third kappa shape index (κ3) is 5.63. The van der Waals surface area contributed by atoms with E-state index in [2.05, 4.69) is 5.32 Å². The number of carbonyl (C=O) groups is 1. The van der Waals surface area contributed by atoms with E-state index in [0.29, 0.717) is 24.5 Å². The predicted molar refractivity (Wildman–Crippen MR) is 91.5 cm³/mol. The molecule has 1 saturated carbocycles. The first-order chi connectivity index (χ1) is 10.9. The van der Waals surface area contributed by atoms with Crippen molar-refractivity contribution < 1.29 is 14.6 Å². The zero-order valence-electron chi connectivity index (χ0n) is 14.5. The Morgan fingerprint density at radius 1 is 1.30 bits per heavy atom. The summed E-state index contributed by atoms with van der Waals surface area (Å²) < 4.78 is 5.24. The molecular weight excluding hydrogens is 290 g/mol. The van der Waals surface area contributed by atoms with Crippen LogP contribution in [-0.4, -0.2) is 36.4 Å². The molecular formula is C19H29NO3. The fourth-order valence-corrected chi connectivity index (χ4v) is 3.17. The summed E-state index contributed by atoms with van der Waals surface area (Å²) in [5, 5.41) is 12.9. The van der Waals surface area contributed by atoms with Crippen LogP contribution in [0.15, 0.2) is 24.3 Å². The number of rotatable bonds is 7.